The second-order valence-electron chi connectivity index (χ2n) is 6.37. The molecule has 7 heteroatoms. The van der Waals surface area contributed by atoms with E-state index in [1.807, 2.05) is 11.4 Å². The van der Waals surface area contributed by atoms with Gasteiger partial charge in [0.1, 0.15) is 25.3 Å². The van der Waals surface area contributed by atoms with Gasteiger partial charge in [0.2, 0.25) is 0 Å². The quantitative estimate of drug-likeness (QED) is 0.763. The molecule has 1 saturated heterocycles. The lowest BCUT2D eigenvalue weighted by molar-refractivity contribution is -0.908. The molecule has 0 spiro atoms. The van der Waals surface area contributed by atoms with Gasteiger partial charge in [0.15, 0.2) is 6.54 Å². The third-order valence-electron chi connectivity index (χ3n) is 4.33. The largest absolute Gasteiger partial charge is 0.372 e. The topological polar surface area (TPSA) is 66.6 Å². The molecule has 136 valence electrons. The molecule has 0 saturated carbocycles. The summed E-state index contributed by atoms with van der Waals surface area (Å²) in [5, 5.41) is 14.6. The van der Waals surface area contributed by atoms with Gasteiger partial charge < -0.3 is 15.0 Å². The van der Waals surface area contributed by atoms with Crippen molar-refractivity contribution in [2.45, 2.75) is 25.5 Å². The average molecular weight is 391 g/mol. The molecule has 2 aromatic rings. The average Bonchev–Trinajstić information content (AvgIpc) is 3.29. The number of carbonyl (C=O) groups is 1. The zero-order chi connectivity index (χ0) is 18.4. The van der Waals surface area contributed by atoms with Crippen molar-refractivity contribution in [1.82, 2.24) is 0 Å². The molecule has 1 unspecified atom stereocenters. The molecule has 1 aliphatic rings. The summed E-state index contributed by atoms with van der Waals surface area (Å²) in [5.74, 6) is -0.131. The van der Waals surface area contributed by atoms with Crippen LogP contribution in [-0.2, 0) is 16.1 Å². The van der Waals surface area contributed by atoms with Gasteiger partial charge >= 0.3 is 0 Å². The second-order valence-corrected chi connectivity index (χ2v) is 7.84. The maximum atomic E-state index is 12.6. The number of carbonyl (C=O) groups excluding carboxylic acids is 1. The molecule has 1 aromatic heterocycles. The first kappa shape index (κ1) is 18.9. The van der Waals surface area contributed by atoms with Crippen LogP contribution in [-0.4, -0.2) is 31.7 Å². The molecule has 1 aromatic carbocycles. The smallest absolute Gasteiger partial charge is 0.279 e. The summed E-state index contributed by atoms with van der Waals surface area (Å²) in [5.41, 5.74) is 0.860. The van der Waals surface area contributed by atoms with Gasteiger partial charge in [-0.2, -0.15) is 5.26 Å². The molecular formula is C19H21ClN3O2S+. The predicted octanol–water partition coefficient (Wildman–Crippen LogP) is 2.48. The maximum absolute atomic E-state index is 12.6. The second kappa shape index (κ2) is 9.15. The summed E-state index contributed by atoms with van der Waals surface area (Å²) in [4.78, 5) is 15.0. The van der Waals surface area contributed by atoms with E-state index < -0.39 is 0 Å². The van der Waals surface area contributed by atoms with Crippen LogP contribution in [0.15, 0.2) is 35.7 Å². The molecular weight excluding hydrogens is 370 g/mol. The van der Waals surface area contributed by atoms with E-state index in [0.29, 0.717) is 22.8 Å². The number of nitrogens with zero attached hydrogens (tertiary/aromatic N) is 1. The van der Waals surface area contributed by atoms with E-state index in [9.17, 15) is 10.1 Å². The van der Waals surface area contributed by atoms with Crippen molar-refractivity contribution in [3.05, 3.63) is 51.2 Å². The van der Waals surface area contributed by atoms with Crippen LogP contribution in [0.5, 0.6) is 0 Å². The van der Waals surface area contributed by atoms with Gasteiger partial charge in [-0.15, -0.1) is 11.3 Å². The van der Waals surface area contributed by atoms with Crippen LogP contribution >= 0.6 is 22.9 Å². The van der Waals surface area contributed by atoms with E-state index in [2.05, 4.69) is 17.5 Å². The molecule has 2 heterocycles. The van der Waals surface area contributed by atoms with Crippen molar-refractivity contribution in [2.24, 2.45) is 0 Å². The fourth-order valence-corrected chi connectivity index (χ4v) is 4.08. The zero-order valence-electron chi connectivity index (χ0n) is 14.3. The lowest BCUT2D eigenvalue weighted by atomic mass is 10.2. The fourth-order valence-electron chi connectivity index (χ4n) is 3.13. The third-order valence-corrected chi connectivity index (χ3v) is 5.44. The predicted molar refractivity (Wildman–Crippen MR) is 102 cm³/mol. The normalized spacial score (nSPS) is 17.6. The van der Waals surface area contributed by atoms with Crippen LogP contribution in [0.4, 0.5) is 5.69 Å². The minimum atomic E-state index is -0.131. The number of anilines is 1. The van der Waals surface area contributed by atoms with Gasteiger partial charge in [0.25, 0.3) is 5.91 Å². The van der Waals surface area contributed by atoms with Crippen molar-refractivity contribution < 1.29 is 14.4 Å². The Labute approximate surface area is 162 Å². The van der Waals surface area contributed by atoms with Crippen LogP contribution in [0.1, 0.15) is 23.3 Å². The van der Waals surface area contributed by atoms with Gasteiger partial charge in [-0.05, 0) is 42.5 Å². The molecule has 1 fully saturated rings. The van der Waals surface area contributed by atoms with Gasteiger partial charge in [-0.25, -0.2) is 0 Å². The monoisotopic (exact) mass is 390 g/mol. The van der Waals surface area contributed by atoms with Crippen molar-refractivity contribution >= 4 is 34.5 Å². The van der Waals surface area contributed by atoms with E-state index in [0.717, 1.165) is 37.4 Å². The molecule has 26 heavy (non-hydrogen) atoms. The number of amides is 1. The molecule has 2 N–H and O–H groups in total. The van der Waals surface area contributed by atoms with Crippen molar-refractivity contribution in [3.8, 4) is 6.07 Å². The third kappa shape index (κ3) is 5.29. The van der Waals surface area contributed by atoms with Crippen molar-refractivity contribution in [3.63, 3.8) is 0 Å². The highest BCUT2D eigenvalue weighted by atomic mass is 35.5. The lowest BCUT2D eigenvalue weighted by Gasteiger charge is -2.21. The zero-order valence-corrected chi connectivity index (χ0v) is 15.9. The number of benzene rings is 1. The molecule has 0 bridgehead atoms. The summed E-state index contributed by atoms with van der Waals surface area (Å²) in [6.07, 6.45) is 2.33. The van der Waals surface area contributed by atoms with Crippen LogP contribution < -0.4 is 10.2 Å². The van der Waals surface area contributed by atoms with Crippen LogP contribution in [0.3, 0.4) is 0 Å². The molecule has 5 nitrogen and oxygen atoms in total. The first-order valence-electron chi connectivity index (χ1n) is 8.61. The summed E-state index contributed by atoms with van der Waals surface area (Å²) in [6.45, 7) is 2.70. The summed E-state index contributed by atoms with van der Waals surface area (Å²) in [6, 6.07) is 11.0. The van der Waals surface area contributed by atoms with Crippen LogP contribution in [0, 0.1) is 11.3 Å². The SMILES string of the molecule is N#Cc1ccc(Cl)cc1NC(=O)C[NH+](Cc1cccs1)C[C@H]1CCCO1. The first-order chi connectivity index (χ1) is 12.6. The maximum Gasteiger partial charge on any atom is 0.279 e. The van der Waals surface area contributed by atoms with E-state index in [4.69, 9.17) is 16.3 Å². The Morgan fingerprint density at radius 2 is 2.35 bits per heavy atom. The number of ether oxygens (including phenoxy) is 1. The fraction of sp³-hybridized carbons (Fsp3) is 0.368. The summed E-state index contributed by atoms with van der Waals surface area (Å²) < 4.78 is 5.75. The number of hydrogen-bond donors (Lipinski definition) is 2. The highest BCUT2D eigenvalue weighted by molar-refractivity contribution is 7.09. The number of nitriles is 1. The number of halogens is 1. The molecule has 1 amide bonds. The van der Waals surface area contributed by atoms with Crippen LogP contribution in [0.2, 0.25) is 5.02 Å². The van der Waals surface area contributed by atoms with Gasteiger partial charge in [0, 0.05) is 11.6 Å². The Kier molecular flexibility index (Phi) is 6.64. The first-order valence-corrected chi connectivity index (χ1v) is 9.87. The Morgan fingerprint density at radius 3 is 3.04 bits per heavy atom. The molecule has 1 aliphatic heterocycles. The van der Waals surface area contributed by atoms with Gasteiger partial charge in [0.05, 0.1) is 16.1 Å². The summed E-state index contributed by atoms with van der Waals surface area (Å²) in [7, 11) is 0. The molecule has 3 rings (SSSR count). The lowest BCUT2D eigenvalue weighted by Crippen LogP contribution is -3.12. The number of nitrogens with one attached hydrogen (secondary N) is 2. The Hall–Kier alpha value is -1.91. The highest BCUT2D eigenvalue weighted by Gasteiger charge is 2.24. The minimum Gasteiger partial charge on any atom is -0.372 e. The van der Waals surface area contributed by atoms with E-state index in [-0.39, 0.29) is 12.0 Å². The van der Waals surface area contributed by atoms with Gasteiger partial charge in [-0.1, -0.05) is 17.7 Å². The van der Waals surface area contributed by atoms with E-state index in [1.165, 1.54) is 4.88 Å². The number of rotatable bonds is 7. The Bertz CT molecular complexity index is 783. The molecule has 0 aliphatic carbocycles. The summed E-state index contributed by atoms with van der Waals surface area (Å²) >= 11 is 7.68. The Morgan fingerprint density at radius 1 is 1.46 bits per heavy atom. The Balaban J connectivity index is 1.66. The number of quaternary nitrogens is 1. The van der Waals surface area contributed by atoms with E-state index >= 15 is 0 Å². The van der Waals surface area contributed by atoms with Crippen molar-refractivity contribution in [2.75, 3.05) is 25.0 Å². The van der Waals surface area contributed by atoms with Crippen LogP contribution in [0.25, 0.3) is 0 Å². The van der Waals surface area contributed by atoms with E-state index in [1.54, 1.807) is 29.5 Å². The molecule has 0 radical (unpaired) electrons. The number of thiophene rings is 1. The minimum absolute atomic E-state index is 0.131. The molecule has 2 atom stereocenters. The highest BCUT2D eigenvalue weighted by Crippen LogP contribution is 2.20. The van der Waals surface area contributed by atoms with Crippen molar-refractivity contribution in [1.29, 1.82) is 5.26 Å². The van der Waals surface area contributed by atoms with Gasteiger partial charge in [-0.3, -0.25) is 4.79 Å². The number of hydrogen-bond acceptors (Lipinski definition) is 4. The standard InChI is InChI=1S/C19H20ClN3O2S/c20-15-6-5-14(10-21)18(9-15)22-19(24)13-23(11-16-3-1-7-25-16)12-17-4-2-8-26-17/h2,4-6,8-9,16H,1,3,7,11-13H2,(H,22,24)/p+1/t16-/m1/s1.